The van der Waals surface area contributed by atoms with E-state index >= 15 is 0 Å². The molecule has 0 radical (unpaired) electrons. The summed E-state index contributed by atoms with van der Waals surface area (Å²) in [6.07, 6.45) is 1.85. The molecule has 45 heavy (non-hydrogen) atoms. The molecule has 4 N–H and O–H groups in total. The summed E-state index contributed by atoms with van der Waals surface area (Å²) in [7, 11) is 0. The number of aliphatic hydroxyl groups excluding tert-OH is 1. The van der Waals surface area contributed by atoms with Gasteiger partial charge in [0, 0.05) is 12.5 Å². The number of benzene rings is 2. The molecule has 4 atom stereocenters. The Morgan fingerprint density at radius 1 is 0.756 bits per heavy atom. The normalized spacial score (nSPS) is 13.1. The van der Waals surface area contributed by atoms with E-state index in [0.717, 1.165) is 5.56 Å². The third-order valence-corrected chi connectivity index (χ3v) is 6.34. The number of aliphatic hydroxyl groups is 1. The molecule has 0 saturated carbocycles. The van der Waals surface area contributed by atoms with Crippen LogP contribution in [0.5, 0.6) is 0 Å². The highest BCUT2D eigenvalue weighted by Gasteiger charge is 2.30. The van der Waals surface area contributed by atoms with Gasteiger partial charge >= 0.3 is 18.0 Å². The summed E-state index contributed by atoms with van der Waals surface area (Å²) < 4.78 is 15.9. The van der Waals surface area contributed by atoms with Gasteiger partial charge in [-0.2, -0.15) is 0 Å². The minimum absolute atomic E-state index is 0.00245. The van der Waals surface area contributed by atoms with Crippen LogP contribution in [0.15, 0.2) is 86.0 Å². The summed E-state index contributed by atoms with van der Waals surface area (Å²) >= 11 is 0. The minimum atomic E-state index is -1.44. The summed E-state index contributed by atoms with van der Waals surface area (Å²) in [6, 6.07) is 14.6. The van der Waals surface area contributed by atoms with Crippen LogP contribution in [-0.4, -0.2) is 66.3 Å². The van der Waals surface area contributed by atoms with Gasteiger partial charge in [-0.05, 0) is 30.9 Å². The van der Waals surface area contributed by atoms with Gasteiger partial charge < -0.3 is 35.3 Å². The van der Waals surface area contributed by atoms with Gasteiger partial charge in [-0.3, -0.25) is 9.59 Å². The Kier molecular flexibility index (Phi) is 16.2. The van der Waals surface area contributed by atoms with Gasteiger partial charge in [0.1, 0.15) is 25.9 Å². The van der Waals surface area contributed by atoms with E-state index in [1.54, 1.807) is 61.5 Å². The summed E-state index contributed by atoms with van der Waals surface area (Å²) in [5, 5.41) is 16.7. The predicted molar refractivity (Wildman–Crippen MR) is 165 cm³/mol. The number of nitrogens with one attached hydrogen (secondary N) is 3. The molecule has 0 bridgehead atoms. The Labute approximate surface area is 262 Å². The molecule has 4 unspecified atom stereocenters. The van der Waals surface area contributed by atoms with Gasteiger partial charge in [0.05, 0.1) is 12.5 Å². The lowest BCUT2D eigenvalue weighted by Crippen LogP contribution is -2.49. The first-order valence-electron chi connectivity index (χ1n) is 14.4. The molecule has 0 aromatic heterocycles. The van der Waals surface area contributed by atoms with Crippen molar-refractivity contribution in [2.45, 2.75) is 57.5 Å². The number of esters is 2. The van der Waals surface area contributed by atoms with Crippen LogP contribution in [0.4, 0.5) is 4.79 Å². The Balaban J connectivity index is 2.10. The van der Waals surface area contributed by atoms with Gasteiger partial charge in [-0.1, -0.05) is 72.8 Å². The number of carbonyl (C=O) groups is 5. The zero-order valence-electron chi connectivity index (χ0n) is 25.3. The van der Waals surface area contributed by atoms with E-state index in [2.05, 4.69) is 29.1 Å². The van der Waals surface area contributed by atoms with E-state index in [4.69, 9.17) is 14.2 Å². The molecule has 0 spiro atoms. The molecule has 2 aromatic rings. The molecule has 0 fully saturated rings. The number of carbonyl (C=O) groups excluding carboxylic acids is 5. The topological polar surface area (TPSA) is 169 Å². The van der Waals surface area contributed by atoms with Crippen molar-refractivity contribution < 1.29 is 43.3 Å². The van der Waals surface area contributed by atoms with Crippen molar-refractivity contribution in [1.82, 2.24) is 16.0 Å². The monoisotopic (exact) mass is 623 g/mol. The molecule has 242 valence electrons. The molecule has 0 aliphatic rings. The van der Waals surface area contributed by atoms with Crippen molar-refractivity contribution in [2.24, 2.45) is 5.92 Å². The van der Waals surface area contributed by atoms with Crippen LogP contribution >= 0.6 is 0 Å². The summed E-state index contributed by atoms with van der Waals surface area (Å²) in [4.78, 5) is 64.0. The van der Waals surface area contributed by atoms with E-state index in [1.165, 1.54) is 12.2 Å². The zero-order valence-corrected chi connectivity index (χ0v) is 25.3. The minimum Gasteiger partial charge on any atom is -0.461 e. The van der Waals surface area contributed by atoms with Crippen LogP contribution in [-0.2, 0) is 46.6 Å². The van der Waals surface area contributed by atoms with Crippen molar-refractivity contribution in [1.29, 1.82) is 0 Å². The van der Waals surface area contributed by atoms with Gasteiger partial charge in [-0.25, -0.2) is 14.4 Å². The molecule has 12 nitrogen and oxygen atoms in total. The van der Waals surface area contributed by atoms with Gasteiger partial charge in [0.25, 0.3) is 0 Å². The summed E-state index contributed by atoms with van der Waals surface area (Å²) in [5.41, 5.74) is 1.44. The highest BCUT2D eigenvalue weighted by molar-refractivity contribution is 5.89. The van der Waals surface area contributed by atoms with Crippen LogP contribution < -0.4 is 16.0 Å². The first-order valence-corrected chi connectivity index (χ1v) is 14.4. The Morgan fingerprint density at radius 2 is 1.31 bits per heavy atom. The van der Waals surface area contributed by atoms with Crippen LogP contribution in [0.3, 0.4) is 0 Å². The molecule has 0 heterocycles. The van der Waals surface area contributed by atoms with Crippen LogP contribution in [0.1, 0.15) is 37.3 Å². The number of amides is 3. The number of hydrogen-bond acceptors (Lipinski definition) is 9. The Hall–Kier alpha value is -4.97. The Morgan fingerprint density at radius 3 is 1.87 bits per heavy atom. The molecule has 0 aliphatic heterocycles. The number of alkyl carbamates (subject to hydrolysis) is 1. The fourth-order valence-corrected chi connectivity index (χ4v) is 3.93. The first kappa shape index (κ1) is 36.2. The van der Waals surface area contributed by atoms with E-state index < -0.39 is 60.5 Å². The fourth-order valence-electron chi connectivity index (χ4n) is 3.93. The summed E-state index contributed by atoms with van der Waals surface area (Å²) in [5.74, 6) is -3.86. The van der Waals surface area contributed by atoms with Crippen molar-refractivity contribution >= 4 is 29.8 Å². The second kappa shape index (κ2) is 20.1. The maximum absolute atomic E-state index is 13.2. The predicted octanol–water partition coefficient (Wildman–Crippen LogP) is 2.71. The lowest BCUT2D eigenvalue weighted by atomic mass is 9.99. The SMILES string of the molecule is C=CCC(CC(=O)NC(C)CO)C(=O)NC(COC(=O)C(CC=C)NC(=O)OCc1ccccc1)C(=O)OCc1ccccc1. The second-order valence-electron chi connectivity index (χ2n) is 10.1. The number of hydrogen-bond donors (Lipinski definition) is 4. The van der Waals surface area contributed by atoms with Crippen LogP contribution in [0, 0.1) is 5.92 Å². The molecule has 3 amide bonds. The molecule has 0 aliphatic carbocycles. The van der Waals surface area contributed by atoms with Gasteiger partial charge in [-0.15, -0.1) is 13.2 Å². The smallest absolute Gasteiger partial charge is 0.408 e. The standard InChI is InChI=1S/C33H41N3O9/c1-4-12-26(18-29(38)34-23(3)19-37)30(39)35-28(32(41)43-20-24-14-8-6-9-15-24)22-44-31(40)27(13-5-2)36-33(42)45-21-25-16-10-7-11-17-25/h4-11,14-17,23,26-28,37H,1-2,12-13,18-22H2,3H3,(H,34,38)(H,35,39)(H,36,42). The second-order valence-corrected chi connectivity index (χ2v) is 10.1. The van der Waals surface area contributed by atoms with Crippen molar-refractivity contribution in [3.63, 3.8) is 0 Å². The fraction of sp³-hybridized carbons (Fsp3) is 0.364. The third-order valence-electron chi connectivity index (χ3n) is 6.34. The maximum atomic E-state index is 13.2. The van der Waals surface area contributed by atoms with Crippen molar-refractivity contribution in [3.05, 3.63) is 97.1 Å². The number of ether oxygens (including phenoxy) is 3. The van der Waals surface area contributed by atoms with Crippen LogP contribution in [0.2, 0.25) is 0 Å². The maximum Gasteiger partial charge on any atom is 0.408 e. The van der Waals surface area contributed by atoms with Crippen molar-refractivity contribution in [2.75, 3.05) is 13.2 Å². The van der Waals surface area contributed by atoms with Gasteiger partial charge in [0.2, 0.25) is 11.8 Å². The lowest BCUT2D eigenvalue weighted by molar-refractivity contribution is -0.156. The number of allylic oxidation sites excluding steroid dienone is 1. The van der Waals surface area contributed by atoms with Crippen molar-refractivity contribution in [3.8, 4) is 0 Å². The molecule has 0 saturated heterocycles. The number of rotatable bonds is 19. The molecule has 12 heteroatoms. The highest BCUT2D eigenvalue weighted by atomic mass is 16.6. The Bertz CT molecular complexity index is 1270. The quantitative estimate of drug-likeness (QED) is 0.104. The van der Waals surface area contributed by atoms with E-state index in [9.17, 15) is 29.1 Å². The average molecular weight is 624 g/mol. The first-order chi connectivity index (χ1) is 21.7. The molecular formula is C33H41N3O9. The van der Waals surface area contributed by atoms with E-state index in [0.29, 0.717) is 5.56 Å². The zero-order chi connectivity index (χ0) is 33.0. The third kappa shape index (κ3) is 13.9. The highest BCUT2D eigenvalue weighted by Crippen LogP contribution is 2.12. The van der Waals surface area contributed by atoms with E-state index in [-0.39, 0.29) is 39.1 Å². The average Bonchev–Trinajstić information content (AvgIpc) is 3.04. The molecular weight excluding hydrogens is 582 g/mol. The molecule has 2 rings (SSSR count). The van der Waals surface area contributed by atoms with Gasteiger partial charge in [0.15, 0.2) is 6.04 Å². The van der Waals surface area contributed by atoms with Crippen LogP contribution in [0.25, 0.3) is 0 Å². The van der Waals surface area contributed by atoms with E-state index in [1.807, 2.05) is 6.07 Å². The lowest BCUT2D eigenvalue weighted by Gasteiger charge is -2.23. The molecule has 2 aromatic carbocycles. The summed E-state index contributed by atoms with van der Waals surface area (Å²) in [6.45, 7) is 7.80. The largest absolute Gasteiger partial charge is 0.461 e.